The summed E-state index contributed by atoms with van der Waals surface area (Å²) >= 11 is 0. The third kappa shape index (κ3) is 5.20. The zero-order valence-corrected chi connectivity index (χ0v) is 16.8. The molecule has 32 heavy (non-hydrogen) atoms. The Morgan fingerprint density at radius 2 is 1.50 bits per heavy atom. The molecule has 0 fully saturated rings. The fraction of sp³-hybridized carbons (Fsp3) is 0.318. The first-order chi connectivity index (χ1) is 15.3. The SMILES string of the molecule is O=C(NC(CC(F)F)C(=O)N[C@H](CO)C(=O)O)OCC1c2ccccc2-c2ccccc21. The molecule has 3 rings (SSSR count). The number of halogens is 2. The van der Waals surface area contributed by atoms with Gasteiger partial charge in [-0.1, -0.05) is 48.5 Å². The molecule has 170 valence electrons. The standard InChI is InChI=1S/C22H22F2N2O6/c23-19(24)9-17(20(28)25-18(10-27)21(29)30)26-22(31)32-11-16-14-7-3-1-5-12(14)13-6-2-4-8-15(13)16/h1-8,16-19,27H,9-11H2,(H,25,28)(H,26,31)(H,29,30)/t17?,18-/m1/s1. The highest BCUT2D eigenvalue weighted by Gasteiger charge is 2.31. The monoisotopic (exact) mass is 448 g/mol. The molecule has 1 aliphatic carbocycles. The van der Waals surface area contributed by atoms with Gasteiger partial charge < -0.3 is 25.6 Å². The summed E-state index contributed by atoms with van der Waals surface area (Å²) < 4.78 is 31.0. The minimum atomic E-state index is -2.95. The number of amides is 2. The van der Waals surface area contributed by atoms with Crippen molar-refractivity contribution in [2.75, 3.05) is 13.2 Å². The van der Waals surface area contributed by atoms with E-state index in [1.807, 2.05) is 53.8 Å². The van der Waals surface area contributed by atoms with Gasteiger partial charge in [0.1, 0.15) is 18.7 Å². The number of carboxylic acid groups (broad SMARTS) is 1. The molecular weight excluding hydrogens is 426 g/mol. The van der Waals surface area contributed by atoms with Gasteiger partial charge in [-0.05, 0) is 22.3 Å². The van der Waals surface area contributed by atoms with Crippen molar-refractivity contribution in [1.82, 2.24) is 10.6 Å². The van der Waals surface area contributed by atoms with Crippen molar-refractivity contribution in [3.8, 4) is 11.1 Å². The molecule has 0 saturated carbocycles. The van der Waals surface area contributed by atoms with Gasteiger partial charge in [-0.3, -0.25) is 4.79 Å². The second-order valence-corrected chi connectivity index (χ2v) is 7.23. The molecule has 0 spiro atoms. The molecule has 10 heteroatoms. The number of alkyl carbamates (subject to hydrolysis) is 1. The number of hydrogen-bond donors (Lipinski definition) is 4. The van der Waals surface area contributed by atoms with Crippen LogP contribution in [-0.4, -0.2) is 59.9 Å². The lowest BCUT2D eigenvalue weighted by atomic mass is 9.98. The molecule has 2 aromatic rings. The number of fused-ring (bicyclic) bond motifs is 3. The van der Waals surface area contributed by atoms with E-state index in [4.69, 9.17) is 14.9 Å². The number of benzene rings is 2. The number of aliphatic carboxylic acids is 1. The average Bonchev–Trinajstić information content (AvgIpc) is 3.08. The summed E-state index contributed by atoms with van der Waals surface area (Å²) in [5.74, 6) is -2.97. The van der Waals surface area contributed by atoms with Crippen molar-refractivity contribution in [2.24, 2.45) is 0 Å². The molecular formula is C22H22F2N2O6. The summed E-state index contributed by atoms with van der Waals surface area (Å²) in [6.45, 7) is -1.02. The Balaban J connectivity index is 1.67. The highest BCUT2D eigenvalue weighted by molar-refractivity contribution is 5.89. The third-order valence-corrected chi connectivity index (χ3v) is 5.16. The fourth-order valence-electron chi connectivity index (χ4n) is 3.65. The first-order valence-electron chi connectivity index (χ1n) is 9.85. The van der Waals surface area contributed by atoms with Crippen LogP contribution < -0.4 is 10.6 Å². The minimum Gasteiger partial charge on any atom is -0.480 e. The maximum atomic E-state index is 12.9. The van der Waals surface area contributed by atoms with Crippen molar-refractivity contribution >= 4 is 18.0 Å². The quantitative estimate of drug-likeness (QED) is 0.466. The molecule has 1 aliphatic rings. The van der Waals surface area contributed by atoms with E-state index >= 15 is 0 Å². The van der Waals surface area contributed by atoms with Crippen LogP contribution in [0, 0.1) is 0 Å². The maximum absolute atomic E-state index is 12.9. The smallest absolute Gasteiger partial charge is 0.407 e. The largest absolute Gasteiger partial charge is 0.480 e. The van der Waals surface area contributed by atoms with E-state index in [1.165, 1.54) is 0 Å². The minimum absolute atomic E-state index is 0.0860. The van der Waals surface area contributed by atoms with Gasteiger partial charge in [-0.25, -0.2) is 18.4 Å². The molecule has 4 N–H and O–H groups in total. The molecule has 0 bridgehead atoms. The van der Waals surface area contributed by atoms with Gasteiger partial charge in [0.25, 0.3) is 0 Å². The van der Waals surface area contributed by atoms with Crippen molar-refractivity contribution in [3.05, 3.63) is 59.7 Å². The predicted octanol–water partition coefficient (Wildman–Crippen LogP) is 2.11. The number of carbonyl (C=O) groups excluding carboxylic acids is 2. The lowest BCUT2D eigenvalue weighted by Crippen LogP contribution is -2.53. The van der Waals surface area contributed by atoms with Crippen LogP contribution in [0.15, 0.2) is 48.5 Å². The molecule has 0 saturated heterocycles. The third-order valence-electron chi connectivity index (χ3n) is 5.16. The average molecular weight is 448 g/mol. The second-order valence-electron chi connectivity index (χ2n) is 7.23. The summed E-state index contributed by atoms with van der Waals surface area (Å²) in [7, 11) is 0. The molecule has 2 aromatic carbocycles. The summed E-state index contributed by atoms with van der Waals surface area (Å²) in [5.41, 5.74) is 3.93. The van der Waals surface area contributed by atoms with Crippen LogP contribution in [0.25, 0.3) is 11.1 Å². The number of ether oxygens (including phenoxy) is 1. The van der Waals surface area contributed by atoms with E-state index in [-0.39, 0.29) is 12.5 Å². The zero-order valence-electron chi connectivity index (χ0n) is 16.8. The van der Waals surface area contributed by atoms with Crippen molar-refractivity contribution < 1.29 is 38.1 Å². The van der Waals surface area contributed by atoms with E-state index in [0.29, 0.717) is 0 Å². The summed E-state index contributed by atoms with van der Waals surface area (Å²) in [5, 5.41) is 21.9. The lowest BCUT2D eigenvalue weighted by Gasteiger charge is -2.21. The lowest BCUT2D eigenvalue weighted by molar-refractivity contribution is -0.143. The van der Waals surface area contributed by atoms with E-state index in [1.54, 1.807) is 0 Å². The molecule has 0 heterocycles. The number of aliphatic hydroxyl groups is 1. The van der Waals surface area contributed by atoms with Gasteiger partial charge in [-0.15, -0.1) is 0 Å². The molecule has 0 aliphatic heterocycles. The van der Waals surface area contributed by atoms with Gasteiger partial charge in [0, 0.05) is 12.3 Å². The number of carbonyl (C=O) groups is 3. The van der Waals surface area contributed by atoms with Crippen LogP contribution in [0.4, 0.5) is 13.6 Å². The Bertz CT molecular complexity index is 954. The van der Waals surface area contributed by atoms with Crippen LogP contribution in [0.3, 0.4) is 0 Å². The van der Waals surface area contributed by atoms with Crippen LogP contribution >= 0.6 is 0 Å². The van der Waals surface area contributed by atoms with E-state index in [2.05, 4.69) is 5.32 Å². The van der Waals surface area contributed by atoms with Crippen molar-refractivity contribution in [1.29, 1.82) is 0 Å². The van der Waals surface area contributed by atoms with Gasteiger partial charge in [0.15, 0.2) is 0 Å². The van der Waals surface area contributed by atoms with Crippen LogP contribution in [-0.2, 0) is 14.3 Å². The van der Waals surface area contributed by atoms with Crippen molar-refractivity contribution in [2.45, 2.75) is 30.8 Å². The van der Waals surface area contributed by atoms with E-state index < -0.39 is 49.5 Å². The normalized spacial score (nSPS) is 14.2. The Hall–Kier alpha value is -3.53. The van der Waals surface area contributed by atoms with E-state index in [9.17, 15) is 23.2 Å². The fourth-order valence-corrected chi connectivity index (χ4v) is 3.65. The van der Waals surface area contributed by atoms with Gasteiger partial charge >= 0.3 is 12.1 Å². The molecule has 2 atom stereocenters. The Morgan fingerprint density at radius 3 is 2.00 bits per heavy atom. The topological polar surface area (TPSA) is 125 Å². The van der Waals surface area contributed by atoms with E-state index in [0.717, 1.165) is 22.3 Å². The summed E-state index contributed by atoms with van der Waals surface area (Å²) in [6.07, 6.45) is -5.09. The molecule has 2 amide bonds. The number of nitrogens with one attached hydrogen (secondary N) is 2. The highest BCUT2D eigenvalue weighted by atomic mass is 19.3. The first kappa shape index (κ1) is 23.1. The Morgan fingerprint density at radius 1 is 0.938 bits per heavy atom. The Labute approximate surface area is 182 Å². The molecule has 8 nitrogen and oxygen atoms in total. The molecule has 0 radical (unpaired) electrons. The predicted molar refractivity (Wildman–Crippen MR) is 109 cm³/mol. The number of alkyl halides is 2. The summed E-state index contributed by atoms with van der Waals surface area (Å²) in [4.78, 5) is 35.4. The van der Waals surface area contributed by atoms with Crippen molar-refractivity contribution in [3.63, 3.8) is 0 Å². The van der Waals surface area contributed by atoms with Gasteiger partial charge in [-0.2, -0.15) is 0 Å². The highest BCUT2D eigenvalue weighted by Crippen LogP contribution is 2.44. The van der Waals surface area contributed by atoms with Gasteiger partial charge in [0.2, 0.25) is 12.3 Å². The number of carboxylic acids is 1. The molecule has 0 aromatic heterocycles. The Kier molecular flexibility index (Phi) is 7.37. The number of aliphatic hydroxyl groups excluding tert-OH is 1. The zero-order chi connectivity index (χ0) is 23.3. The van der Waals surface area contributed by atoms with Crippen LogP contribution in [0.5, 0.6) is 0 Å². The first-order valence-corrected chi connectivity index (χ1v) is 9.85. The maximum Gasteiger partial charge on any atom is 0.407 e. The van der Waals surface area contributed by atoms with Crippen LogP contribution in [0.2, 0.25) is 0 Å². The molecule has 1 unspecified atom stereocenters. The number of rotatable bonds is 9. The second kappa shape index (κ2) is 10.2. The van der Waals surface area contributed by atoms with Gasteiger partial charge in [0.05, 0.1) is 6.61 Å². The van der Waals surface area contributed by atoms with Crippen LogP contribution in [0.1, 0.15) is 23.5 Å². The number of hydrogen-bond acceptors (Lipinski definition) is 5. The summed E-state index contributed by atoms with van der Waals surface area (Å²) in [6, 6.07) is 11.8.